The Balaban J connectivity index is 0. The summed E-state index contributed by atoms with van der Waals surface area (Å²) in [6.45, 7) is 13.8. The summed E-state index contributed by atoms with van der Waals surface area (Å²) in [7, 11) is 0. The van der Waals surface area contributed by atoms with Crippen molar-refractivity contribution in [1.82, 2.24) is 0 Å². The van der Waals surface area contributed by atoms with Crippen LogP contribution in [0.3, 0.4) is 0 Å². The van der Waals surface area contributed by atoms with E-state index in [2.05, 4.69) is 6.58 Å². The monoisotopic (exact) mass is 270 g/mol. The Bertz CT molecular complexity index is 255. The molecule has 0 saturated heterocycles. The van der Waals surface area contributed by atoms with Gasteiger partial charge in [0, 0.05) is 26.2 Å². The number of allylic oxidation sites excluding steroid dienone is 4. The number of ether oxygens (including phenoxy) is 2. The minimum atomic E-state index is 0.185. The van der Waals surface area contributed by atoms with E-state index < -0.39 is 0 Å². The smallest absolute Gasteiger partial charge is 0.115 e. The standard InChI is InChI=1S/C14H24O3.C2H6/c1-4-14(8-7-13(2)3)17-12-6-11-16-10-5-9-15;1-2/h4,7-8,15H,2,5-6,9-12H2,1,3H3;1-2H3/b8-7-,14-4+;. The van der Waals surface area contributed by atoms with Crippen LogP contribution in [0, 0.1) is 0 Å². The van der Waals surface area contributed by atoms with Crippen molar-refractivity contribution in [1.29, 1.82) is 0 Å². The second-order valence-corrected chi connectivity index (χ2v) is 3.76. The highest BCUT2D eigenvalue weighted by Gasteiger charge is 1.93. The molecule has 19 heavy (non-hydrogen) atoms. The van der Waals surface area contributed by atoms with Crippen LogP contribution in [0.5, 0.6) is 0 Å². The number of rotatable bonds is 10. The van der Waals surface area contributed by atoms with Crippen molar-refractivity contribution in [3.05, 3.63) is 36.1 Å². The highest BCUT2D eigenvalue weighted by atomic mass is 16.5. The highest BCUT2D eigenvalue weighted by molar-refractivity contribution is 5.20. The van der Waals surface area contributed by atoms with E-state index in [-0.39, 0.29) is 6.61 Å². The molecule has 0 spiro atoms. The van der Waals surface area contributed by atoms with Crippen molar-refractivity contribution >= 4 is 0 Å². The second kappa shape index (κ2) is 16.9. The average Bonchev–Trinajstić information content (AvgIpc) is 2.43. The highest BCUT2D eigenvalue weighted by Crippen LogP contribution is 2.03. The lowest BCUT2D eigenvalue weighted by Crippen LogP contribution is -2.02. The quantitative estimate of drug-likeness (QED) is 0.372. The molecule has 3 nitrogen and oxygen atoms in total. The molecule has 0 atom stereocenters. The fraction of sp³-hybridized carbons (Fsp3) is 0.625. The molecule has 0 aliphatic heterocycles. The van der Waals surface area contributed by atoms with Gasteiger partial charge in [-0.05, 0) is 32.4 Å². The minimum absolute atomic E-state index is 0.185. The first-order valence-corrected chi connectivity index (χ1v) is 7.02. The summed E-state index contributed by atoms with van der Waals surface area (Å²) in [4.78, 5) is 0. The van der Waals surface area contributed by atoms with Gasteiger partial charge < -0.3 is 14.6 Å². The van der Waals surface area contributed by atoms with Gasteiger partial charge in [-0.1, -0.05) is 32.1 Å². The van der Waals surface area contributed by atoms with Gasteiger partial charge in [0.15, 0.2) is 0 Å². The lowest BCUT2D eigenvalue weighted by Gasteiger charge is -2.07. The molecule has 1 N–H and O–H groups in total. The summed E-state index contributed by atoms with van der Waals surface area (Å²) < 4.78 is 10.8. The molecule has 0 aromatic heterocycles. The molecule has 0 radical (unpaired) electrons. The zero-order valence-corrected chi connectivity index (χ0v) is 12.9. The molecule has 0 heterocycles. The largest absolute Gasteiger partial charge is 0.494 e. The van der Waals surface area contributed by atoms with Crippen molar-refractivity contribution in [2.24, 2.45) is 0 Å². The summed E-state index contributed by atoms with van der Waals surface area (Å²) in [5.41, 5.74) is 1.00. The van der Waals surface area contributed by atoms with Gasteiger partial charge in [-0.25, -0.2) is 0 Å². The van der Waals surface area contributed by atoms with Crippen molar-refractivity contribution in [2.45, 2.75) is 40.5 Å². The van der Waals surface area contributed by atoms with Crippen LogP contribution in [0.15, 0.2) is 36.1 Å². The first kappa shape index (κ1) is 20.3. The van der Waals surface area contributed by atoms with Gasteiger partial charge in [0.25, 0.3) is 0 Å². The van der Waals surface area contributed by atoms with E-state index >= 15 is 0 Å². The van der Waals surface area contributed by atoms with E-state index in [1.165, 1.54) is 0 Å². The summed E-state index contributed by atoms with van der Waals surface area (Å²) in [6, 6.07) is 0. The van der Waals surface area contributed by atoms with Crippen LogP contribution in [0.25, 0.3) is 0 Å². The predicted molar refractivity (Wildman–Crippen MR) is 82.1 cm³/mol. The summed E-state index contributed by atoms with van der Waals surface area (Å²) >= 11 is 0. The van der Waals surface area contributed by atoms with Crippen LogP contribution in [-0.4, -0.2) is 31.5 Å². The Morgan fingerprint density at radius 3 is 2.26 bits per heavy atom. The van der Waals surface area contributed by atoms with Gasteiger partial charge in [0.05, 0.1) is 6.61 Å². The van der Waals surface area contributed by atoms with E-state index in [1.54, 1.807) is 0 Å². The Morgan fingerprint density at radius 2 is 1.74 bits per heavy atom. The van der Waals surface area contributed by atoms with Crippen LogP contribution < -0.4 is 0 Å². The van der Waals surface area contributed by atoms with Gasteiger partial charge in [0.2, 0.25) is 0 Å². The van der Waals surface area contributed by atoms with E-state index in [9.17, 15) is 0 Å². The minimum Gasteiger partial charge on any atom is -0.494 e. The van der Waals surface area contributed by atoms with Crippen LogP contribution in [0.4, 0.5) is 0 Å². The predicted octanol–water partition coefficient (Wildman–Crippen LogP) is 3.85. The SMILES string of the molecule is C=C(C)/C=C\C(=C/C)OCCCOCCCO.CC. The molecule has 0 aromatic rings. The molecule has 0 aromatic carbocycles. The van der Waals surface area contributed by atoms with Crippen LogP contribution >= 0.6 is 0 Å². The van der Waals surface area contributed by atoms with Crippen molar-refractivity contribution in [2.75, 3.05) is 26.4 Å². The normalized spacial score (nSPS) is 11.1. The van der Waals surface area contributed by atoms with E-state index in [4.69, 9.17) is 14.6 Å². The maximum atomic E-state index is 8.55. The zero-order valence-electron chi connectivity index (χ0n) is 12.9. The molecule has 3 heteroatoms. The molecular formula is C16H30O3. The third-order valence-corrected chi connectivity index (χ3v) is 1.97. The van der Waals surface area contributed by atoms with Gasteiger partial charge in [-0.15, -0.1) is 0 Å². The lowest BCUT2D eigenvalue weighted by atomic mass is 10.3. The number of aliphatic hydroxyl groups is 1. The van der Waals surface area contributed by atoms with Gasteiger partial charge in [-0.3, -0.25) is 0 Å². The summed E-state index contributed by atoms with van der Waals surface area (Å²) in [6.07, 6.45) is 7.31. The molecule has 0 amide bonds. The molecular weight excluding hydrogens is 240 g/mol. The molecule has 0 aliphatic rings. The van der Waals surface area contributed by atoms with E-state index in [0.29, 0.717) is 26.2 Å². The molecule has 0 fully saturated rings. The fourth-order valence-corrected chi connectivity index (χ4v) is 1.07. The van der Waals surface area contributed by atoms with Crippen molar-refractivity contribution in [3.8, 4) is 0 Å². The third kappa shape index (κ3) is 16.9. The first-order valence-electron chi connectivity index (χ1n) is 7.02. The molecule has 0 aliphatic carbocycles. The average molecular weight is 270 g/mol. The Labute approximate surface area is 118 Å². The van der Waals surface area contributed by atoms with E-state index in [0.717, 1.165) is 17.8 Å². The fourth-order valence-electron chi connectivity index (χ4n) is 1.07. The summed E-state index contributed by atoms with van der Waals surface area (Å²) in [5.74, 6) is 0.850. The second-order valence-electron chi connectivity index (χ2n) is 3.76. The molecule has 0 unspecified atom stereocenters. The third-order valence-electron chi connectivity index (χ3n) is 1.97. The topological polar surface area (TPSA) is 38.7 Å². The van der Waals surface area contributed by atoms with Gasteiger partial charge >= 0.3 is 0 Å². The molecule has 0 bridgehead atoms. The van der Waals surface area contributed by atoms with Crippen LogP contribution in [-0.2, 0) is 9.47 Å². The zero-order chi connectivity index (χ0) is 14.9. The van der Waals surface area contributed by atoms with Crippen molar-refractivity contribution in [3.63, 3.8) is 0 Å². The first-order chi connectivity index (χ1) is 9.20. The summed E-state index contributed by atoms with van der Waals surface area (Å²) in [5, 5.41) is 8.55. The molecule has 0 saturated carbocycles. The van der Waals surface area contributed by atoms with Gasteiger partial charge in [-0.2, -0.15) is 0 Å². The van der Waals surface area contributed by atoms with Crippen molar-refractivity contribution < 1.29 is 14.6 Å². The molecule has 112 valence electrons. The maximum Gasteiger partial charge on any atom is 0.115 e. The van der Waals surface area contributed by atoms with Gasteiger partial charge in [0.1, 0.15) is 5.76 Å². The lowest BCUT2D eigenvalue weighted by molar-refractivity contribution is 0.0961. The number of hydrogen-bond acceptors (Lipinski definition) is 3. The van der Waals surface area contributed by atoms with E-state index in [1.807, 2.05) is 45.9 Å². The maximum absolute atomic E-state index is 8.55. The molecule has 0 rings (SSSR count). The number of hydrogen-bond donors (Lipinski definition) is 1. The Morgan fingerprint density at radius 1 is 1.11 bits per heavy atom. The Hall–Kier alpha value is -1.06. The number of aliphatic hydroxyl groups excluding tert-OH is 1. The van der Waals surface area contributed by atoms with Crippen LogP contribution in [0.1, 0.15) is 40.5 Å². The Kier molecular flexibility index (Phi) is 18.1. The van der Waals surface area contributed by atoms with Crippen LogP contribution in [0.2, 0.25) is 0 Å².